The van der Waals surface area contributed by atoms with E-state index >= 15 is 0 Å². The Kier molecular flexibility index (Phi) is 4.91. The van der Waals surface area contributed by atoms with Crippen molar-refractivity contribution < 1.29 is 5.11 Å². The van der Waals surface area contributed by atoms with Gasteiger partial charge in [0.25, 0.3) is 0 Å². The van der Waals surface area contributed by atoms with Crippen molar-refractivity contribution >= 4 is 11.3 Å². The van der Waals surface area contributed by atoms with Gasteiger partial charge >= 0.3 is 0 Å². The fraction of sp³-hybridized carbons (Fsp3) is 0.438. The summed E-state index contributed by atoms with van der Waals surface area (Å²) in [6.07, 6.45) is 0. The van der Waals surface area contributed by atoms with Crippen LogP contribution in [0.25, 0.3) is 0 Å². The highest BCUT2D eigenvalue weighted by molar-refractivity contribution is 7.09. The molecule has 0 fully saturated rings. The molecule has 108 valence electrons. The largest absolute Gasteiger partial charge is 0.389 e. The Morgan fingerprint density at radius 1 is 1.20 bits per heavy atom. The van der Waals surface area contributed by atoms with Crippen LogP contribution in [0.5, 0.6) is 0 Å². The van der Waals surface area contributed by atoms with Gasteiger partial charge in [0.1, 0.15) is 5.01 Å². The second-order valence-electron chi connectivity index (χ2n) is 5.83. The molecule has 0 atom stereocenters. The molecule has 0 amide bonds. The third kappa shape index (κ3) is 5.04. The molecule has 1 aromatic heterocycles. The number of rotatable bonds is 6. The first kappa shape index (κ1) is 15.2. The van der Waals surface area contributed by atoms with Gasteiger partial charge in [-0.05, 0) is 26.3 Å². The van der Waals surface area contributed by atoms with Gasteiger partial charge in [0.2, 0.25) is 0 Å². The Morgan fingerprint density at radius 2 is 1.90 bits per heavy atom. The fourth-order valence-corrected chi connectivity index (χ4v) is 3.04. The number of aromatic nitrogens is 1. The van der Waals surface area contributed by atoms with Crippen LogP contribution in [0.4, 0.5) is 0 Å². The molecule has 20 heavy (non-hydrogen) atoms. The van der Waals surface area contributed by atoms with E-state index in [2.05, 4.69) is 27.4 Å². The molecule has 0 radical (unpaired) electrons. The van der Waals surface area contributed by atoms with Crippen LogP contribution in [0.3, 0.4) is 0 Å². The molecule has 0 spiro atoms. The Labute approximate surface area is 124 Å². The maximum atomic E-state index is 10.1. The molecule has 0 saturated heterocycles. The zero-order valence-corrected chi connectivity index (χ0v) is 13.2. The van der Waals surface area contributed by atoms with Crippen molar-refractivity contribution in [3.8, 4) is 0 Å². The van der Waals surface area contributed by atoms with E-state index in [0.717, 1.165) is 23.8 Å². The molecule has 0 bridgehead atoms. The smallest absolute Gasteiger partial charge is 0.107 e. The van der Waals surface area contributed by atoms with Gasteiger partial charge < -0.3 is 5.11 Å². The molecule has 2 aromatic rings. The van der Waals surface area contributed by atoms with E-state index in [-0.39, 0.29) is 0 Å². The van der Waals surface area contributed by atoms with E-state index in [9.17, 15) is 5.11 Å². The van der Waals surface area contributed by atoms with Crippen molar-refractivity contribution in [1.29, 1.82) is 0 Å². The molecule has 0 saturated carbocycles. The van der Waals surface area contributed by atoms with Gasteiger partial charge in [0.15, 0.2) is 0 Å². The number of aryl methyl sites for hydroxylation is 1. The summed E-state index contributed by atoms with van der Waals surface area (Å²) >= 11 is 1.68. The number of hydrogen-bond acceptors (Lipinski definition) is 4. The normalized spacial score (nSPS) is 12.1. The van der Waals surface area contributed by atoms with Crippen molar-refractivity contribution in [2.75, 3.05) is 6.54 Å². The first-order valence-electron chi connectivity index (χ1n) is 6.82. The average molecular weight is 290 g/mol. The number of nitrogens with zero attached hydrogens (tertiary/aromatic N) is 2. The van der Waals surface area contributed by atoms with Crippen LogP contribution in [0, 0.1) is 6.92 Å². The van der Waals surface area contributed by atoms with Crippen molar-refractivity contribution in [2.24, 2.45) is 0 Å². The standard InChI is InChI=1S/C16H22N2OS/c1-13-11-20-15(17-13)10-18(12-16(2,3)19)9-14-7-5-4-6-8-14/h4-8,11,19H,9-10,12H2,1-3H3. The highest BCUT2D eigenvalue weighted by Gasteiger charge is 2.19. The van der Waals surface area contributed by atoms with E-state index in [1.807, 2.05) is 39.0 Å². The molecular weight excluding hydrogens is 268 g/mol. The topological polar surface area (TPSA) is 36.4 Å². The summed E-state index contributed by atoms with van der Waals surface area (Å²) < 4.78 is 0. The van der Waals surface area contributed by atoms with Gasteiger partial charge in [-0.1, -0.05) is 30.3 Å². The molecule has 0 aliphatic rings. The minimum Gasteiger partial charge on any atom is -0.389 e. The van der Waals surface area contributed by atoms with Gasteiger partial charge in [-0.2, -0.15) is 0 Å². The predicted molar refractivity (Wildman–Crippen MR) is 83.7 cm³/mol. The molecule has 4 heteroatoms. The second kappa shape index (κ2) is 6.48. The molecule has 0 aliphatic carbocycles. The lowest BCUT2D eigenvalue weighted by molar-refractivity contribution is 0.0306. The first-order valence-corrected chi connectivity index (χ1v) is 7.70. The highest BCUT2D eigenvalue weighted by atomic mass is 32.1. The van der Waals surface area contributed by atoms with Gasteiger partial charge in [-0.3, -0.25) is 4.90 Å². The van der Waals surface area contributed by atoms with Crippen LogP contribution in [-0.2, 0) is 13.1 Å². The monoisotopic (exact) mass is 290 g/mol. The quantitative estimate of drug-likeness (QED) is 0.887. The minimum atomic E-state index is -0.707. The van der Waals surface area contributed by atoms with Crippen molar-refractivity contribution in [2.45, 2.75) is 39.5 Å². The minimum absolute atomic E-state index is 0.626. The first-order chi connectivity index (χ1) is 9.42. The highest BCUT2D eigenvalue weighted by Crippen LogP contribution is 2.16. The number of aliphatic hydroxyl groups is 1. The predicted octanol–water partition coefficient (Wildman–Crippen LogP) is 3.22. The van der Waals surface area contributed by atoms with Crippen LogP contribution >= 0.6 is 11.3 Å². The molecule has 1 N–H and O–H groups in total. The summed E-state index contributed by atoms with van der Waals surface area (Å²) in [6.45, 7) is 7.93. The van der Waals surface area contributed by atoms with Crippen molar-refractivity contribution in [3.63, 3.8) is 0 Å². The van der Waals surface area contributed by atoms with Crippen LogP contribution in [0.1, 0.15) is 30.1 Å². The van der Waals surface area contributed by atoms with Crippen LogP contribution < -0.4 is 0 Å². The van der Waals surface area contributed by atoms with E-state index in [4.69, 9.17) is 0 Å². The van der Waals surface area contributed by atoms with Gasteiger partial charge in [-0.15, -0.1) is 11.3 Å². The van der Waals surface area contributed by atoms with E-state index in [1.54, 1.807) is 11.3 Å². The SMILES string of the molecule is Cc1csc(CN(Cc2ccccc2)CC(C)(C)O)n1. The average Bonchev–Trinajstić information content (AvgIpc) is 2.74. The lowest BCUT2D eigenvalue weighted by atomic mass is 10.1. The molecule has 0 aliphatic heterocycles. The second-order valence-corrected chi connectivity index (χ2v) is 6.77. The number of thiazole rings is 1. The Hall–Kier alpha value is -1.23. The van der Waals surface area contributed by atoms with Crippen LogP contribution in [-0.4, -0.2) is 27.1 Å². The molecule has 3 nitrogen and oxygen atoms in total. The lowest BCUT2D eigenvalue weighted by Gasteiger charge is -2.28. The van der Waals surface area contributed by atoms with E-state index in [0.29, 0.717) is 6.54 Å². The Bertz CT molecular complexity index is 531. The summed E-state index contributed by atoms with van der Waals surface area (Å²) in [6, 6.07) is 10.3. The van der Waals surface area contributed by atoms with Crippen molar-refractivity contribution in [3.05, 3.63) is 52.0 Å². The fourth-order valence-electron chi connectivity index (χ4n) is 2.22. The van der Waals surface area contributed by atoms with Crippen LogP contribution in [0.15, 0.2) is 35.7 Å². The molecule has 2 rings (SSSR count). The number of hydrogen-bond donors (Lipinski definition) is 1. The summed E-state index contributed by atoms with van der Waals surface area (Å²) in [7, 11) is 0. The van der Waals surface area contributed by atoms with Gasteiger partial charge in [0, 0.05) is 24.2 Å². The third-order valence-corrected chi connectivity index (χ3v) is 3.84. The maximum Gasteiger partial charge on any atom is 0.107 e. The van der Waals surface area contributed by atoms with E-state index in [1.165, 1.54) is 5.56 Å². The molecule has 0 unspecified atom stereocenters. The molecule has 1 aromatic carbocycles. The lowest BCUT2D eigenvalue weighted by Crippen LogP contribution is -2.37. The summed E-state index contributed by atoms with van der Waals surface area (Å²) in [5.74, 6) is 0. The Morgan fingerprint density at radius 3 is 2.45 bits per heavy atom. The van der Waals surface area contributed by atoms with Gasteiger partial charge in [0.05, 0.1) is 12.1 Å². The molecule has 1 heterocycles. The van der Waals surface area contributed by atoms with E-state index < -0.39 is 5.60 Å². The molecular formula is C16H22N2OS. The van der Waals surface area contributed by atoms with Crippen LogP contribution in [0.2, 0.25) is 0 Å². The summed E-state index contributed by atoms with van der Waals surface area (Å²) in [4.78, 5) is 6.76. The number of benzene rings is 1. The third-order valence-electron chi connectivity index (χ3n) is 2.88. The Balaban J connectivity index is 2.08. The summed E-state index contributed by atoms with van der Waals surface area (Å²) in [5.41, 5.74) is 1.61. The summed E-state index contributed by atoms with van der Waals surface area (Å²) in [5, 5.41) is 13.3. The maximum absolute atomic E-state index is 10.1. The van der Waals surface area contributed by atoms with Gasteiger partial charge in [-0.25, -0.2) is 4.98 Å². The zero-order chi connectivity index (χ0) is 14.6. The zero-order valence-electron chi connectivity index (χ0n) is 12.3. The van der Waals surface area contributed by atoms with Crippen molar-refractivity contribution in [1.82, 2.24) is 9.88 Å².